The first-order valence-electron chi connectivity index (χ1n) is 10.3. The molecule has 0 spiro atoms. The fourth-order valence-corrected chi connectivity index (χ4v) is 4.40. The van der Waals surface area contributed by atoms with Gasteiger partial charge in [0.15, 0.2) is 6.29 Å². The van der Waals surface area contributed by atoms with Crippen molar-refractivity contribution in [2.75, 3.05) is 26.3 Å². The summed E-state index contributed by atoms with van der Waals surface area (Å²) in [7, 11) is 0. The Morgan fingerprint density at radius 3 is 2.52 bits per heavy atom. The van der Waals surface area contributed by atoms with E-state index in [9.17, 15) is 4.79 Å². The number of hydrogen-bond donors (Lipinski definition) is 0. The van der Waals surface area contributed by atoms with Crippen molar-refractivity contribution in [3.8, 4) is 5.69 Å². The van der Waals surface area contributed by atoms with Gasteiger partial charge in [-0.15, -0.1) is 0 Å². The van der Waals surface area contributed by atoms with E-state index in [-0.39, 0.29) is 12.2 Å². The Labute approximate surface area is 176 Å². The van der Waals surface area contributed by atoms with Gasteiger partial charge in [-0.05, 0) is 51.3 Å². The number of rotatable bonds is 4. The molecule has 4 rings (SSSR count). The molecule has 0 aliphatic carbocycles. The van der Waals surface area contributed by atoms with E-state index >= 15 is 0 Å². The molecule has 0 saturated carbocycles. The quantitative estimate of drug-likeness (QED) is 0.762. The number of likely N-dealkylation sites (tertiary alicyclic amines) is 1. The molecular formula is C22H28ClN3O3. The summed E-state index contributed by atoms with van der Waals surface area (Å²) < 4.78 is 13.1. The number of hydrogen-bond acceptors (Lipinski definition) is 4. The van der Waals surface area contributed by atoms with Crippen molar-refractivity contribution < 1.29 is 14.3 Å². The lowest BCUT2D eigenvalue weighted by Gasteiger charge is -2.34. The predicted molar refractivity (Wildman–Crippen MR) is 111 cm³/mol. The molecule has 7 heteroatoms. The van der Waals surface area contributed by atoms with Crippen LogP contribution < -0.4 is 0 Å². The van der Waals surface area contributed by atoms with Crippen LogP contribution in [0.2, 0.25) is 5.02 Å². The second kappa shape index (κ2) is 8.46. The molecule has 2 saturated heterocycles. The third-order valence-electron chi connectivity index (χ3n) is 6.09. The highest BCUT2D eigenvalue weighted by molar-refractivity contribution is 6.31. The normalized spacial score (nSPS) is 18.6. The maximum atomic E-state index is 12.9. The maximum absolute atomic E-state index is 12.9. The maximum Gasteiger partial charge on any atom is 0.227 e. The van der Waals surface area contributed by atoms with E-state index in [2.05, 4.69) is 5.10 Å². The van der Waals surface area contributed by atoms with Crippen molar-refractivity contribution in [2.45, 2.75) is 46.3 Å². The number of nitrogens with zero attached hydrogens (tertiary/aromatic N) is 3. The summed E-state index contributed by atoms with van der Waals surface area (Å²) >= 11 is 6.29. The Morgan fingerprint density at radius 1 is 1.17 bits per heavy atom. The van der Waals surface area contributed by atoms with Crippen LogP contribution in [0.1, 0.15) is 35.4 Å². The van der Waals surface area contributed by atoms with Crippen LogP contribution in [0.5, 0.6) is 0 Å². The van der Waals surface area contributed by atoms with Crippen LogP contribution in [0, 0.1) is 26.7 Å². The number of carbonyl (C=O) groups excluding carboxylic acids is 1. The first kappa shape index (κ1) is 20.4. The lowest BCUT2D eigenvalue weighted by Crippen LogP contribution is -2.42. The van der Waals surface area contributed by atoms with Gasteiger partial charge in [-0.3, -0.25) is 4.79 Å². The molecule has 2 aliphatic rings. The molecule has 0 N–H and O–H groups in total. The SMILES string of the molecule is Cc1ccc(-n2nc(C)c(CC(=O)N3CCC(C4OCCO4)CC3)c2C)cc1Cl. The number of piperidine rings is 1. The summed E-state index contributed by atoms with van der Waals surface area (Å²) in [6, 6.07) is 5.91. The zero-order chi connectivity index (χ0) is 20.5. The molecule has 0 bridgehead atoms. The number of carbonyl (C=O) groups is 1. The number of aryl methyl sites for hydroxylation is 2. The van der Waals surface area contributed by atoms with Crippen molar-refractivity contribution in [3.63, 3.8) is 0 Å². The van der Waals surface area contributed by atoms with Crippen LogP contribution >= 0.6 is 11.6 Å². The fourth-order valence-electron chi connectivity index (χ4n) is 4.23. The average Bonchev–Trinajstić information content (AvgIpc) is 3.35. The summed E-state index contributed by atoms with van der Waals surface area (Å²) in [5.74, 6) is 0.545. The van der Waals surface area contributed by atoms with Gasteiger partial charge in [-0.2, -0.15) is 5.10 Å². The van der Waals surface area contributed by atoms with Crippen molar-refractivity contribution in [2.24, 2.45) is 5.92 Å². The summed E-state index contributed by atoms with van der Waals surface area (Å²) in [5, 5.41) is 5.38. The molecule has 6 nitrogen and oxygen atoms in total. The smallest absolute Gasteiger partial charge is 0.227 e. The molecule has 3 heterocycles. The van der Waals surface area contributed by atoms with E-state index in [1.807, 2.05) is 48.6 Å². The van der Waals surface area contributed by atoms with Crippen LogP contribution in [0.15, 0.2) is 18.2 Å². The highest BCUT2D eigenvalue weighted by atomic mass is 35.5. The third kappa shape index (κ3) is 4.20. The number of ether oxygens (including phenoxy) is 2. The first-order chi connectivity index (χ1) is 13.9. The fraction of sp³-hybridized carbons (Fsp3) is 0.545. The highest BCUT2D eigenvalue weighted by Gasteiger charge is 2.32. The van der Waals surface area contributed by atoms with Crippen LogP contribution in [0.4, 0.5) is 0 Å². The van der Waals surface area contributed by atoms with Gasteiger partial charge in [-0.25, -0.2) is 4.68 Å². The van der Waals surface area contributed by atoms with Gasteiger partial charge >= 0.3 is 0 Å². The number of amides is 1. The van der Waals surface area contributed by atoms with E-state index in [4.69, 9.17) is 21.1 Å². The van der Waals surface area contributed by atoms with Gasteiger partial charge in [0.2, 0.25) is 5.91 Å². The summed E-state index contributed by atoms with van der Waals surface area (Å²) in [6.45, 7) is 8.82. The Morgan fingerprint density at radius 2 is 1.86 bits per heavy atom. The van der Waals surface area contributed by atoms with Crippen LogP contribution in [0.25, 0.3) is 5.69 Å². The first-order valence-corrected chi connectivity index (χ1v) is 10.6. The van der Waals surface area contributed by atoms with Gasteiger partial charge < -0.3 is 14.4 Å². The van der Waals surface area contributed by atoms with Crippen molar-refractivity contribution in [1.29, 1.82) is 0 Å². The summed E-state index contributed by atoms with van der Waals surface area (Å²) in [4.78, 5) is 14.9. The lowest BCUT2D eigenvalue weighted by atomic mass is 9.95. The van der Waals surface area contributed by atoms with E-state index in [1.54, 1.807) is 0 Å². The third-order valence-corrected chi connectivity index (χ3v) is 6.50. The number of aromatic nitrogens is 2. The standard InChI is InChI=1S/C22H28ClN3O3/c1-14-4-5-18(12-20(14)23)26-16(3)19(15(2)24-26)13-21(27)25-8-6-17(7-9-25)22-28-10-11-29-22/h4-5,12,17,22H,6-11,13H2,1-3H3. The largest absolute Gasteiger partial charge is 0.350 e. The lowest BCUT2D eigenvalue weighted by molar-refractivity contribution is -0.136. The zero-order valence-corrected chi connectivity index (χ0v) is 18.0. The Balaban J connectivity index is 1.43. The van der Waals surface area contributed by atoms with E-state index in [1.165, 1.54) is 0 Å². The van der Waals surface area contributed by atoms with E-state index in [0.29, 0.717) is 30.6 Å². The van der Waals surface area contributed by atoms with Crippen LogP contribution in [0.3, 0.4) is 0 Å². The summed E-state index contributed by atoms with van der Waals surface area (Å²) in [5.41, 5.74) is 4.81. The molecule has 0 unspecified atom stereocenters. The van der Waals surface area contributed by atoms with Crippen molar-refractivity contribution >= 4 is 17.5 Å². The second-order valence-corrected chi connectivity index (χ2v) is 8.41. The van der Waals surface area contributed by atoms with Gasteiger partial charge in [-0.1, -0.05) is 17.7 Å². The molecular weight excluding hydrogens is 390 g/mol. The van der Waals surface area contributed by atoms with Gasteiger partial charge in [0.1, 0.15) is 0 Å². The Bertz CT molecular complexity index is 897. The second-order valence-electron chi connectivity index (χ2n) is 8.00. The predicted octanol–water partition coefficient (Wildman–Crippen LogP) is 3.60. The van der Waals surface area contributed by atoms with E-state index < -0.39 is 0 Å². The number of benzene rings is 1. The Hall–Kier alpha value is -1.89. The summed E-state index contributed by atoms with van der Waals surface area (Å²) in [6.07, 6.45) is 2.14. The van der Waals surface area contributed by atoms with Gasteiger partial charge in [0.25, 0.3) is 0 Å². The minimum atomic E-state index is -0.0868. The molecule has 2 aliphatic heterocycles. The average molecular weight is 418 g/mol. The molecule has 1 amide bonds. The van der Waals surface area contributed by atoms with Crippen LogP contribution in [-0.4, -0.2) is 53.2 Å². The molecule has 0 radical (unpaired) electrons. The van der Waals surface area contributed by atoms with Gasteiger partial charge in [0.05, 0.1) is 31.0 Å². The number of halogens is 1. The highest BCUT2D eigenvalue weighted by Crippen LogP contribution is 2.27. The van der Waals surface area contributed by atoms with Crippen LogP contribution in [-0.2, 0) is 20.7 Å². The van der Waals surface area contributed by atoms with E-state index in [0.717, 1.165) is 54.1 Å². The molecule has 0 atom stereocenters. The zero-order valence-electron chi connectivity index (χ0n) is 17.3. The topological polar surface area (TPSA) is 56.6 Å². The Kier molecular flexibility index (Phi) is 5.95. The molecule has 29 heavy (non-hydrogen) atoms. The monoisotopic (exact) mass is 417 g/mol. The van der Waals surface area contributed by atoms with Gasteiger partial charge in [0, 0.05) is 35.3 Å². The molecule has 1 aromatic carbocycles. The van der Waals surface area contributed by atoms with Crippen molar-refractivity contribution in [3.05, 3.63) is 45.7 Å². The molecule has 2 aromatic rings. The molecule has 1 aromatic heterocycles. The minimum Gasteiger partial charge on any atom is -0.350 e. The minimum absolute atomic E-state index is 0.0868. The molecule has 156 valence electrons. The van der Waals surface area contributed by atoms with Crippen molar-refractivity contribution in [1.82, 2.24) is 14.7 Å². The molecule has 2 fully saturated rings.